The summed E-state index contributed by atoms with van der Waals surface area (Å²) in [7, 11) is 0. The van der Waals surface area contributed by atoms with Crippen LogP contribution in [0.4, 0.5) is 0 Å². The number of carbonyl (C=O) groups excluding carboxylic acids is 3. The van der Waals surface area contributed by atoms with E-state index in [1.807, 2.05) is 0 Å². The molecule has 0 N–H and O–H groups in total. The van der Waals surface area contributed by atoms with Crippen molar-refractivity contribution in [3.8, 4) is 0 Å². The summed E-state index contributed by atoms with van der Waals surface area (Å²) in [5.41, 5.74) is 0. The molecule has 0 heterocycles. The first kappa shape index (κ1) is 76.5. The van der Waals surface area contributed by atoms with Crippen molar-refractivity contribution in [3.05, 3.63) is 134 Å². The lowest BCUT2D eigenvalue weighted by molar-refractivity contribution is -0.167. The highest BCUT2D eigenvalue weighted by Crippen LogP contribution is 2.15. The first-order chi connectivity index (χ1) is 40.0. The van der Waals surface area contributed by atoms with E-state index in [0.717, 1.165) is 154 Å². The smallest absolute Gasteiger partial charge is 0.306 e. The van der Waals surface area contributed by atoms with Crippen molar-refractivity contribution in [1.29, 1.82) is 0 Å². The topological polar surface area (TPSA) is 78.9 Å². The van der Waals surface area contributed by atoms with Crippen LogP contribution in [0, 0.1) is 0 Å². The fraction of sp³-hybridized carbons (Fsp3) is 0.667. The van der Waals surface area contributed by atoms with Gasteiger partial charge in [-0.25, -0.2) is 0 Å². The van der Waals surface area contributed by atoms with Gasteiger partial charge in [-0.1, -0.05) is 276 Å². The van der Waals surface area contributed by atoms with Crippen molar-refractivity contribution in [2.45, 2.75) is 309 Å². The molecule has 0 saturated carbocycles. The molecule has 0 saturated heterocycles. The molecule has 0 bridgehead atoms. The summed E-state index contributed by atoms with van der Waals surface area (Å²) in [5, 5.41) is 0. The van der Waals surface area contributed by atoms with E-state index in [9.17, 15) is 14.4 Å². The maximum Gasteiger partial charge on any atom is 0.306 e. The van der Waals surface area contributed by atoms with E-state index in [2.05, 4.69) is 154 Å². The van der Waals surface area contributed by atoms with Crippen LogP contribution in [0.15, 0.2) is 134 Å². The molecule has 6 heteroatoms. The number of ether oxygens (including phenoxy) is 3. The Bertz CT molecular complexity index is 1720. The molecule has 0 aliphatic carbocycles. The molecular formula is C75H124O6. The maximum atomic E-state index is 12.9. The average molecular weight is 1120 g/mol. The van der Waals surface area contributed by atoms with Crippen molar-refractivity contribution in [2.75, 3.05) is 13.2 Å². The second kappa shape index (κ2) is 68.1. The predicted octanol–water partition coefficient (Wildman–Crippen LogP) is 23.3. The van der Waals surface area contributed by atoms with E-state index in [4.69, 9.17) is 14.2 Å². The molecular weight excluding hydrogens is 997 g/mol. The zero-order valence-electron chi connectivity index (χ0n) is 52.8. The first-order valence-electron chi connectivity index (χ1n) is 33.7. The second-order valence-electron chi connectivity index (χ2n) is 22.0. The van der Waals surface area contributed by atoms with Gasteiger partial charge in [0.15, 0.2) is 6.10 Å². The molecule has 0 aromatic heterocycles. The second-order valence-corrected chi connectivity index (χ2v) is 22.0. The fourth-order valence-electron chi connectivity index (χ4n) is 9.07. The quantitative estimate of drug-likeness (QED) is 0.0261. The molecule has 0 aromatic rings. The van der Waals surface area contributed by atoms with Crippen LogP contribution in [0.1, 0.15) is 303 Å². The molecule has 0 fully saturated rings. The molecule has 81 heavy (non-hydrogen) atoms. The first-order valence-corrected chi connectivity index (χ1v) is 33.7. The van der Waals surface area contributed by atoms with E-state index in [0.29, 0.717) is 19.3 Å². The summed E-state index contributed by atoms with van der Waals surface area (Å²) < 4.78 is 16.9. The highest BCUT2D eigenvalue weighted by molar-refractivity contribution is 5.71. The zero-order valence-corrected chi connectivity index (χ0v) is 52.8. The van der Waals surface area contributed by atoms with Gasteiger partial charge in [0, 0.05) is 19.3 Å². The number of rotatable bonds is 60. The molecule has 460 valence electrons. The molecule has 0 aromatic carbocycles. The van der Waals surface area contributed by atoms with Crippen LogP contribution in [-0.4, -0.2) is 37.2 Å². The molecule has 6 nitrogen and oxygen atoms in total. The van der Waals surface area contributed by atoms with Gasteiger partial charge in [-0.15, -0.1) is 0 Å². The van der Waals surface area contributed by atoms with Crippen molar-refractivity contribution in [1.82, 2.24) is 0 Å². The molecule has 0 aliphatic heterocycles. The number of unbranched alkanes of at least 4 members (excludes halogenated alkanes) is 27. The van der Waals surface area contributed by atoms with Gasteiger partial charge >= 0.3 is 17.9 Å². The Balaban J connectivity index is 4.43. The summed E-state index contributed by atoms with van der Waals surface area (Å²) in [5.74, 6) is -0.928. The highest BCUT2D eigenvalue weighted by Gasteiger charge is 2.19. The van der Waals surface area contributed by atoms with E-state index in [-0.39, 0.29) is 31.1 Å². The summed E-state index contributed by atoms with van der Waals surface area (Å²) in [4.78, 5) is 38.4. The molecule has 0 amide bonds. The molecule has 0 aliphatic rings. The van der Waals surface area contributed by atoms with Gasteiger partial charge in [0.05, 0.1) is 0 Å². The standard InChI is InChI=1S/C75H124O6/c1-4-7-10-13-16-19-22-25-28-30-32-34-35-36-37-38-39-41-42-44-47-50-53-56-59-62-65-68-74(77)80-71-72(70-79-73(76)67-64-61-58-55-52-49-46-27-24-21-18-15-12-9-6-3)81-75(78)69-66-63-60-57-54-51-48-45-43-40-33-31-29-26-23-20-17-14-11-8-5-2/h7,10,16,18-19,21,23,25-28,31-34,36-37,39,41,44,46-47,72H,4-6,8-9,11-15,17,20,22,24,29-30,35,38,40,42-43,45,48-71H2,1-3H3/b10-7-,19-16-,21-18-,26-23-,28-25-,33-31-,34-32-,37-36-,41-39-,46-27-,47-44-. The van der Waals surface area contributed by atoms with Crippen LogP contribution in [-0.2, 0) is 28.6 Å². The van der Waals surface area contributed by atoms with E-state index in [1.165, 1.54) is 109 Å². The largest absolute Gasteiger partial charge is 0.462 e. The molecule has 0 rings (SSSR count). The third-order valence-corrected chi connectivity index (χ3v) is 14.1. The summed E-state index contributed by atoms with van der Waals surface area (Å²) in [6.45, 7) is 6.47. The van der Waals surface area contributed by atoms with E-state index >= 15 is 0 Å². The number of hydrogen-bond acceptors (Lipinski definition) is 6. The third kappa shape index (κ3) is 66.2. The molecule has 0 radical (unpaired) electrons. The van der Waals surface area contributed by atoms with Crippen LogP contribution >= 0.6 is 0 Å². The van der Waals surface area contributed by atoms with Crippen molar-refractivity contribution in [3.63, 3.8) is 0 Å². The van der Waals surface area contributed by atoms with Gasteiger partial charge in [0.25, 0.3) is 0 Å². The third-order valence-electron chi connectivity index (χ3n) is 14.1. The van der Waals surface area contributed by atoms with Gasteiger partial charge < -0.3 is 14.2 Å². The zero-order chi connectivity index (χ0) is 58.5. The number of esters is 3. The number of allylic oxidation sites excluding steroid dienone is 22. The molecule has 1 atom stereocenters. The Morgan fingerprint density at radius 3 is 0.778 bits per heavy atom. The summed E-state index contributed by atoms with van der Waals surface area (Å²) >= 11 is 0. The van der Waals surface area contributed by atoms with Gasteiger partial charge in [0.1, 0.15) is 13.2 Å². The summed E-state index contributed by atoms with van der Waals surface area (Å²) in [6.07, 6.45) is 95.9. The lowest BCUT2D eigenvalue weighted by Crippen LogP contribution is -2.30. The summed E-state index contributed by atoms with van der Waals surface area (Å²) in [6, 6.07) is 0. The minimum Gasteiger partial charge on any atom is -0.462 e. The minimum absolute atomic E-state index is 0.0963. The molecule has 0 spiro atoms. The minimum atomic E-state index is -0.801. The van der Waals surface area contributed by atoms with Crippen molar-refractivity contribution < 1.29 is 28.6 Å². The lowest BCUT2D eigenvalue weighted by atomic mass is 10.1. The van der Waals surface area contributed by atoms with Gasteiger partial charge in [-0.2, -0.15) is 0 Å². The van der Waals surface area contributed by atoms with Crippen LogP contribution in [0.5, 0.6) is 0 Å². The molecule has 1 unspecified atom stereocenters. The van der Waals surface area contributed by atoms with Crippen LogP contribution in [0.3, 0.4) is 0 Å². The normalized spacial score (nSPS) is 13.0. The van der Waals surface area contributed by atoms with Gasteiger partial charge in [-0.3, -0.25) is 14.4 Å². The van der Waals surface area contributed by atoms with Crippen molar-refractivity contribution in [2.24, 2.45) is 0 Å². The average Bonchev–Trinajstić information content (AvgIpc) is 3.47. The Hall–Kier alpha value is -4.45. The van der Waals surface area contributed by atoms with Crippen LogP contribution in [0.2, 0.25) is 0 Å². The number of hydrogen-bond donors (Lipinski definition) is 0. The fourth-order valence-corrected chi connectivity index (χ4v) is 9.07. The Labute approximate surface area is 500 Å². The van der Waals surface area contributed by atoms with Crippen molar-refractivity contribution >= 4 is 17.9 Å². The maximum absolute atomic E-state index is 12.9. The van der Waals surface area contributed by atoms with E-state index < -0.39 is 6.10 Å². The Morgan fingerprint density at radius 1 is 0.259 bits per heavy atom. The Kier molecular flexibility index (Phi) is 64.3. The predicted molar refractivity (Wildman–Crippen MR) is 353 cm³/mol. The van der Waals surface area contributed by atoms with Gasteiger partial charge in [-0.05, 0) is 141 Å². The van der Waals surface area contributed by atoms with Crippen LogP contribution in [0.25, 0.3) is 0 Å². The SMILES string of the molecule is CC/C=C\C/C=C\C/C=C\C/C=C\C/C=C\C/C=C\C/C=C\CCCCCCCC(=O)OCC(COC(=O)CCCCCCC/C=C\C/C=C\CCCCC)OC(=O)CCCCCCCCCCC/C=C\C/C=C\CCCCCCC. The Morgan fingerprint density at radius 2 is 0.481 bits per heavy atom. The highest BCUT2D eigenvalue weighted by atomic mass is 16.6. The lowest BCUT2D eigenvalue weighted by Gasteiger charge is -2.18. The number of carbonyl (C=O) groups is 3. The van der Waals surface area contributed by atoms with E-state index in [1.54, 1.807) is 0 Å². The monoisotopic (exact) mass is 1120 g/mol. The van der Waals surface area contributed by atoms with Crippen LogP contribution < -0.4 is 0 Å². The van der Waals surface area contributed by atoms with Gasteiger partial charge in [0.2, 0.25) is 0 Å².